The molecule has 0 saturated carbocycles. The molecule has 0 radical (unpaired) electrons. The molecule has 122 valence electrons. The van der Waals surface area contributed by atoms with Crippen LogP contribution in [0.1, 0.15) is 21.5 Å². The maximum atomic E-state index is 12.5. The topological polar surface area (TPSA) is 55.8 Å². The zero-order valence-electron chi connectivity index (χ0n) is 12.8. The molecule has 2 aromatic rings. The Morgan fingerprint density at radius 3 is 2.65 bits per heavy atom. The fraction of sp³-hybridized carbons (Fsp3) is 0.235. The summed E-state index contributed by atoms with van der Waals surface area (Å²) in [7, 11) is 1.51. The van der Waals surface area contributed by atoms with E-state index in [1.54, 1.807) is 36.0 Å². The molecule has 0 aromatic heterocycles. The van der Waals surface area contributed by atoms with Crippen LogP contribution in [-0.2, 0) is 12.4 Å². The Morgan fingerprint density at radius 2 is 2.04 bits per heavy atom. The molecule has 23 heavy (non-hydrogen) atoms. The minimum absolute atomic E-state index is 0.101. The normalized spacial score (nSPS) is 10.4. The maximum absolute atomic E-state index is 12.5. The lowest BCUT2D eigenvalue weighted by molar-refractivity contribution is 0.0727. The van der Waals surface area contributed by atoms with Crippen molar-refractivity contribution in [1.82, 2.24) is 0 Å². The molecule has 0 unspecified atom stereocenters. The van der Waals surface area contributed by atoms with Crippen molar-refractivity contribution in [2.75, 3.05) is 13.4 Å². The molecule has 0 aliphatic carbocycles. The number of esters is 1. The van der Waals surface area contributed by atoms with Crippen molar-refractivity contribution >= 4 is 33.7 Å². The average molecular weight is 397 g/mol. The van der Waals surface area contributed by atoms with Crippen molar-refractivity contribution in [2.24, 2.45) is 0 Å². The maximum Gasteiger partial charge on any atom is 0.344 e. The zero-order chi connectivity index (χ0) is 16.8. The van der Waals surface area contributed by atoms with Gasteiger partial charge in [0.2, 0.25) is 0 Å². The van der Waals surface area contributed by atoms with E-state index in [-0.39, 0.29) is 6.61 Å². The first-order valence-corrected chi connectivity index (χ1v) is 9.05. The van der Waals surface area contributed by atoms with Crippen molar-refractivity contribution in [3.05, 3.63) is 57.6 Å². The SMILES string of the molecule is COc1cc(CO)cc(CSC)c1OC(=O)c1ccccc1Br. The molecular weight excluding hydrogens is 380 g/mol. The molecule has 2 aromatic carbocycles. The van der Waals surface area contributed by atoms with Gasteiger partial charge >= 0.3 is 5.97 Å². The zero-order valence-corrected chi connectivity index (χ0v) is 15.2. The Balaban J connectivity index is 2.41. The van der Waals surface area contributed by atoms with E-state index in [9.17, 15) is 9.90 Å². The van der Waals surface area contributed by atoms with Crippen molar-refractivity contribution in [3.8, 4) is 11.5 Å². The van der Waals surface area contributed by atoms with Crippen LogP contribution in [0.15, 0.2) is 40.9 Å². The van der Waals surface area contributed by atoms with Gasteiger partial charge in [0, 0.05) is 15.8 Å². The lowest BCUT2D eigenvalue weighted by Crippen LogP contribution is -2.11. The van der Waals surface area contributed by atoms with Crippen LogP contribution in [0, 0.1) is 0 Å². The fourth-order valence-corrected chi connectivity index (χ4v) is 3.09. The standard InChI is InChI=1S/C17H17BrO4S/c1-21-15-8-11(9-19)7-12(10-23-2)16(15)22-17(20)13-5-3-4-6-14(13)18/h3-8,19H,9-10H2,1-2H3. The monoisotopic (exact) mass is 396 g/mol. The summed E-state index contributed by atoms with van der Waals surface area (Å²) in [5.41, 5.74) is 1.96. The Labute approximate surface area is 147 Å². The Bertz CT molecular complexity index is 703. The predicted octanol–water partition coefficient (Wildman–Crippen LogP) is 4.03. The van der Waals surface area contributed by atoms with Gasteiger partial charge in [0.15, 0.2) is 11.5 Å². The second-order valence-electron chi connectivity index (χ2n) is 4.75. The lowest BCUT2D eigenvalue weighted by atomic mass is 10.1. The van der Waals surface area contributed by atoms with Crippen LogP contribution >= 0.6 is 27.7 Å². The number of thioether (sulfide) groups is 1. The van der Waals surface area contributed by atoms with Gasteiger partial charge in [-0.3, -0.25) is 0 Å². The van der Waals surface area contributed by atoms with Gasteiger partial charge < -0.3 is 14.6 Å². The van der Waals surface area contributed by atoms with Crippen LogP contribution in [0.25, 0.3) is 0 Å². The van der Waals surface area contributed by atoms with Crippen LogP contribution in [0.5, 0.6) is 11.5 Å². The highest BCUT2D eigenvalue weighted by Gasteiger charge is 2.19. The van der Waals surface area contributed by atoms with Gasteiger partial charge in [-0.15, -0.1) is 0 Å². The van der Waals surface area contributed by atoms with E-state index >= 15 is 0 Å². The minimum atomic E-state index is -0.463. The van der Waals surface area contributed by atoms with Crippen molar-refractivity contribution < 1.29 is 19.4 Å². The molecule has 0 atom stereocenters. The van der Waals surface area contributed by atoms with Gasteiger partial charge in [-0.05, 0) is 52.0 Å². The number of aliphatic hydroxyl groups is 1. The first-order valence-electron chi connectivity index (χ1n) is 6.87. The van der Waals surface area contributed by atoms with E-state index in [0.29, 0.717) is 32.9 Å². The minimum Gasteiger partial charge on any atom is -0.493 e. The van der Waals surface area contributed by atoms with E-state index in [1.165, 1.54) is 7.11 Å². The van der Waals surface area contributed by atoms with Crippen molar-refractivity contribution in [1.29, 1.82) is 0 Å². The molecule has 2 rings (SSSR count). The number of carbonyl (C=O) groups is 1. The Kier molecular flexibility index (Phi) is 6.50. The highest BCUT2D eigenvalue weighted by molar-refractivity contribution is 9.10. The van der Waals surface area contributed by atoms with Gasteiger partial charge in [0.1, 0.15) is 0 Å². The van der Waals surface area contributed by atoms with Crippen LogP contribution in [0.3, 0.4) is 0 Å². The molecule has 1 N–H and O–H groups in total. The van der Waals surface area contributed by atoms with Gasteiger partial charge in [0.25, 0.3) is 0 Å². The summed E-state index contributed by atoms with van der Waals surface area (Å²) in [6.07, 6.45) is 1.96. The summed E-state index contributed by atoms with van der Waals surface area (Å²) in [6.45, 7) is -0.101. The molecule has 0 bridgehead atoms. The number of hydrogen-bond acceptors (Lipinski definition) is 5. The Hall–Kier alpha value is -1.50. The molecule has 0 amide bonds. The third-order valence-electron chi connectivity index (χ3n) is 3.18. The van der Waals surface area contributed by atoms with Crippen LogP contribution in [-0.4, -0.2) is 24.4 Å². The van der Waals surface area contributed by atoms with E-state index in [0.717, 1.165) is 5.56 Å². The average Bonchev–Trinajstić information content (AvgIpc) is 2.56. The third kappa shape index (κ3) is 4.28. The number of rotatable bonds is 6. The molecule has 4 nitrogen and oxygen atoms in total. The summed E-state index contributed by atoms with van der Waals surface area (Å²) in [4.78, 5) is 12.5. The van der Waals surface area contributed by atoms with Crippen LogP contribution in [0.4, 0.5) is 0 Å². The van der Waals surface area contributed by atoms with Crippen molar-refractivity contribution in [3.63, 3.8) is 0 Å². The third-order valence-corrected chi connectivity index (χ3v) is 4.47. The smallest absolute Gasteiger partial charge is 0.344 e. The molecular formula is C17H17BrO4S. The molecule has 6 heteroatoms. The largest absolute Gasteiger partial charge is 0.493 e. The number of carbonyl (C=O) groups excluding carboxylic acids is 1. The number of hydrogen-bond donors (Lipinski definition) is 1. The molecule has 0 aliphatic heterocycles. The van der Waals surface area contributed by atoms with Crippen LogP contribution < -0.4 is 9.47 Å². The van der Waals surface area contributed by atoms with Crippen molar-refractivity contribution in [2.45, 2.75) is 12.4 Å². The van der Waals surface area contributed by atoms with Gasteiger partial charge in [-0.25, -0.2) is 4.79 Å². The summed E-state index contributed by atoms with van der Waals surface area (Å²) < 4.78 is 11.6. The molecule has 0 heterocycles. The first kappa shape index (κ1) is 17.8. The summed E-state index contributed by atoms with van der Waals surface area (Å²) >= 11 is 4.94. The summed E-state index contributed by atoms with van der Waals surface area (Å²) in [5, 5.41) is 9.36. The number of halogens is 1. The van der Waals surface area contributed by atoms with E-state index in [4.69, 9.17) is 9.47 Å². The number of benzene rings is 2. The number of aliphatic hydroxyl groups excluding tert-OH is 1. The van der Waals surface area contributed by atoms with Gasteiger partial charge in [-0.1, -0.05) is 12.1 Å². The predicted molar refractivity (Wildman–Crippen MR) is 95.2 cm³/mol. The lowest BCUT2D eigenvalue weighted by Gasteiger charge is -2.15. The first-order chi connectivity index (χ1) is 11.1. The second kappa shape index (κ2) is 8.38. The quantitative estimate of drug-likeness (QED) is 0.589. The van der Waals surface area contributed by atoms with Crippen LogP contribution in [0.2, 0.25) is 0 Å². The second-order valence-corrected chi connectivity index (χ2v) is 6.47. The van der Waals surface area contributed by atoms with E-state index < -0.39 is 5.97 Å². The highest BCUT2D eigenvalue weighted by atomic mass is 79.9. The van der Waals surface area contributed by atoms with Gasteiger partial charge in [-0.2, -0.15) is 11.8 Å². The molecule has 0 aliphatic rings. The van der Waals surface area contributed by atoms with Gasteiger partial charge in [0.05, 0.1) is 19.3 Å². The fourth-order valence-electron chi connectivity index (χ4n) is 2.12. The molecule has 0 fully saturated rings. The molecule has 0 spiro atoms. The number of methoxy groups -OCH3 is 1. The Morgan fingerprint density at radius 1 is 1.30 bits per heavy atom. The van der Waals surface area contributed by atoms with E-state index in [1.807, 2.05) is 18.4 Å². The summed E-state index contributed by atoms with van der Waals surface area (Å²) in [6, 6.07) is 10.6. The highest BCUT2D eigenvalue weighted by Crippen LogP contribution is 2.36. The molecule has 0 saturated heterocycles. The van der Waals surface area contributed by atoms with E-state index in [2.05, 4.69) is 15.9 Å². The number of ether oxygens (including phenoxy) is 2. The summed E-state index contributed by atoms with van der Waals surface area (Å²) in [5.74, 6) is 0.999.